The fourth-order valence-electron chi connectivity index (χ4n) is 3.74. The zero-order valence-electron chi connectivity index (χ0n) is 19.0. The predicted molar refractivity (Wildman–Crippen MR) is 127 cm³/mol. The molecule has 0 radical (unpaired) electrons. The number of nitrogens with one attached hydrogen (secondary N) is 2. The molecule has 0 aliphatic carbocycles. The summed E-state index contributed by atoms with van der Waals surface area (Å²) in [6.07, 6.45) is 0.761. The molecule has 0 spiro atoms. The van der Waals surface area contributed by atoms with Crippen molar-refractivity contribution < 1.29 is 4.79 Å². The average molecular weight is 418 g/mol. The molecule has 0 atom stereocenters. The quantitative estimate of drug-likeness (QED) is 0.456. The Kier molecular flexibility index (Phi) is 7.23. The molecule has 0 aliphatic rings. The van der Waals surface area contributed by atoms with Gasteiger partial charge in [0.1, 0.15) is 0 Å². The van der Waals surface area contributed by atoms with Crippen molar-refractivity contribution in [3.63, 3.8) is 0 Å². The first-order valence-electron chi connectivity index (χ1n) is 10.7. The van der Waals surface area contributed by atoms with Gasteiger partial charge in [-0.1, -0.05) is 35.4 Å². The van der Waals surface area contributed by atoms with Crippen LogP contribution in [0.5, 0.6) is 0 Å². The number of guanidine groups is 1. The maximum atomic E-state index is 12.9. The van der Waals surface area contributed by atoms with Gasteiger partial charge in [0.25, 0.3) is 5.91 Å². The number of benzene rings is 2. The fraction of sp³-hybridized carbons (Fsp3) is 0.320. The van der Waals surface area contributed by atoms with Crippen molar-refractivity contribution in [3.8, 4) is 0 Å². The minimum atomic E-state index is -0.180. The summed E-state index contributed by atoms with van der Waals surface area (Å²) in [6, 6.07) is 15.5. The van der Waals surface area contributed by atoms with Gasteiger partial charge in [-0.2, -0.15) is 5.10 Å². The van der Waals surface area contributed by atoms with Gasteiger partial charge in [0.2, 0.25) is 5.96 Å². The Bertz CT molecular complexity index is 1060. The molecule has 1 heterocycles. The summed E-state index contributed by atoms with van der Waals surface area (Å²) in [7, 11) is 0. The van der Waals surface area contributed by atoms with Gasteiger partial charge in [-0.25, -0.2) is 0 Å². The van der Waals surface area contributed by atoms with Gasteiger partial charge in [0.15, 0.2) is 0 Å². The number of carbonyl (C=O) groups is 1. The molecule has 2 aromatic carbocycles. The first-order valence-corrected chi connectivity index (χ1v) is 10.7. The van der Waals surface area contributed by atoms with Crippen LogP contribution in [0.2, 0.25) is 0 Å². The number of hydrogen-bond donors (Lipinski definition) is 2. The molecule has 6 heteroatoms. The molecule has 1 aromatic heterocycles. The van der Waals surface area contributed by atoms with Crippen molar-refractivity contribution in [1.82, 2.24) is 15.1 Å². The van der Waals surface area contributed by atoms with E-state index in [2.05, 4.69) is 40.6 Å². The third-order valence-electron chi connectivity index (χ3n) is 5.21. The number of rotatable bonds is 6. The van der Waals surface area contributed by atoms with Crippen LogP contribution in [-0.4, -0.2) is 28.2 Å². The number of aliphatic imine (C=N–C) groups is 1. The van der Waals surface area contributed by atoms with E-state index >= 15 is 0 Å². The van der Waals surface area contributed by atoms with E-state index in [0.717, 1.165) is 35.5 Å². The van der Waals surface area contributed by atoms with Gasteiger partial charge in [-0.15, -0.1) is 0 Å². The van der Waals surface area contributed by atoms with Crippen molar-refractivity contribution >= 4 is 17.6 Å². The molecule has 0 fully saturated rings. The van der Waals surface area contributed by atoms with Gasteiger partial charge in [0.05, 0.1) is 5.69 Å². The highest BCUT2D eigenvalue weighted by atomic mass is 16.1. The third-order valence-corrected chi connectivity index (χ3v) is 5.21. The van der Waals surface area contributed by atoms with Crippen molar-refractivity contribution in [3.05, 3.63) is 82.2 Å². The lowest BCUT2D eigenvalue weighted by Gasteiger charge is -2.13. The Balaban J connectivity index is 1.79. The summed E-state index contributed by atoms with van der Waals surface area (Å²) >= 11 is 0. The van der Waals surface area contributed by atoms with Crippen molar-refractivity contribution in [2.45, 2.75) is 47.6 Å². The number of para-hydroxylation sites is 1. The molecule has 6 nitrogen and oxygen atoms in total. The normalized spacial score (nSPS) is 11.5. The summed E-state index contributed by atoms with van der Waals surface area (Å²) < 4.78 is 2.01. The van der Waals surface area contributed by atoms with Gasteiger partial charge >= 0.3 is 0 Å². The van der Waals surface area contributed by atoms with Crippen LogP contribution in [0.1, 0.15) is 45.4 Å². The van der Waals surface area contributed by atoms with Gasteiger partial charge in [-0.3, -0.25) is 19.8 Å². The van der Waals surface area contributed by atoms with Crippen molar-refractivity contribution in [2.75, 3.05) is 11.9 Å². The molecule has 162 valence electrons. The van der Waals surface area contributed by atoms with Gasteiger partial charge in [0, 0.05) is 30.0 Å². The summed E-state index contributed by atoms with van der Waals surface area (Å²) in [4.78, 5) is 17.6. The van der Waals surface area contributed by atoms with Gasteiger partial charge < -0.3 is 5.32 Å². The molecule has 2 N–H and O–H groups in total. The molecule has 1 amide bonds. The van der Waals surface area contributed by atoms with Crippen LogP contribution in [0.15, 0.2) is 53.5 Å². The first-order chi connectivity index (χ1) is 14.9. The van der Waals surface area contributed by atoms with Gasteiger partial charge in [-0.05, 0) is 70.9 Å². The summed E-state index contributed by atoms with van der Waals surface area (Å²) in [5.41, 5.74) is 7.02. The van der Waals surface area contributed by atoms with Crippen LogP contribution in [0.25, 0.3) is 0 Å². The van der Waals surface area contributed by atoms with E-state index in [9.17, 15) is 4.79 Å². The number of amides is 1. The number of hydrogen-bond acceptors (Lipinski definition) is 3. The Hall–Kier alpha value is -3.41. The highest BCUT2D eigenvalue weighted by molar-refractivity contribution is 6.10. The smallest absolute Gasteiger partial charge is 0.257 e. The number of anilines is 1. The standard InChI is InChI=1S/C25H31N5O/c1-6-30-20(5)23(19(4)29-30)12-13-26-25(27-22-10-8-7-9-11-22)28-24(31)21-15-17(2)14-18(3)16-21/h7-11,14-16H,6,12-13H2,1-5H3,(H2,26,27,28,31). The zero-order valence-corrected chi connectivity index (χ0v) is 19.0. The average Bonchev–Trinajstić information content (AvgIpc) is 3.01. The van der Waals surface area contributed by atoms with E-state index in [0.29, 0.717) is 18.1 Å². The minimum absolute atomic E-state index is 0.180. The van der Waals surface area contributed by atoms with Crippen LogP contribution < -0.4 is 10.6 Å². The van der Waals surface area contributed by atoms with Crippen LogP contribution in [-0.2, 0) is 13.0 Å². The Morgan fingerprint density at radius 1 is 1.03 bits per heavy atom. The molecular formula is C25H31N5O. The monoisotopic (exact) mass is 417 g/mol. The molecule has 0 aliphatic heterocycles. The lowest BCUT2D eigenvalue weighted by Crippen LogP contribution is -2.36. The summed E-state index contributed by atoms with van der Waals surface area (Å²) in [6.45, 7) is 11.6. The number of aryl methyl sites for hydroxylation is 4. The Morgan fingerprint density at radius 2 is 1.71 bits per heavy atom. The zero-order chi connectivity index (χ0) is 22.4. The second kappa shape index (κ2) is 10.1. The molecule has 3 aromatic rings. The number of aromatic nitrogens is 2. The topological polar surface area (TPSA) is 71.3 Å². The second-order valence-electron chi connectivity index (χ2n) is 7.77. The third kappa shape index (κ3) is 5.81. The van der Waals surface area contributed by atoms with Crippen molar-refractivity contribution in [2.24, 2.45) is 4.99 Å². The van der Waals surface area contributed by atoms with E-state index in [1.807, 2.05) is 67.9 Å². The maximum Gasteiger partial charge on any atom is 0.257 e. The highest BCUT2D eigenvalue weighted by Crippen LogP contribution is 2.14. The first kappa shape index (κ1) is 22.3. The predicted octanol–water partition coefficient (Wildman–Crippen LogP) is 4.58. The molecule has 0 bridgehead atoms. The summed E-state index contributed by atoms with van der Waals surface area (Å²) in [5.74, 6) is 0.258. The lowest BCUT2D eigenvalue weighted by molar-refractivity contribution is 0.0976. The van der Waals surface area contributed by atoms with E-state index in [4.69, 9.17) is 0 Å². The number of nitrogens with zero attached hydrogens (tertiary/aromatic N) is 3. The largest absolute Gasteiger partial charge is 0.326 e. The Morgan fingerprint density at radius 3 is 2.32 bits per heavy atom. The van der Waals surface area contributed by atoms with Crippen LogP contribution in [0.4, 0.5) is 5.69 Å². The minimum Gasteiger partial charge on any atom is -0.326 e. The SMILES string of the molecule is CCn1nc(C)c(CCN=C(NC(=O)c2cc(C)cc(C)c2)Nc2ccccc2)c1C. The van der Waals surface area contributed by atoms with Crippen molar-refractivity contribution in [1.29, 1.82) is 0 Å². The number of carbonyl (C=O) groups excluding carboxylic acids is 1. The maximum absolute atomic E-state index is 12.9. The lowest BCUT2D eigenvalue weighted by atomic mass is 10.1. The van der Waals surface area contributed by atoms with E-state index < -0.39 is 0 Å². The van der Waals surface area contributed by atoms with Crippen LogP contribution >= 0.6 is 0 Å². The van der Waals surface area contributed by atoms with Crippen LogP contribution in [0, 0.1) is 27.7 Å². The van der Waals surface area contributed by atoms with E-state index in [-0.39, 0.29) is 5.91 Å². The molecular weight excluding hydrogens is 386 g/mol. The van der Waals surface area contributed by atoms with E-state index in [1.165, 1.54) is 11.3 Å². The second-order valence-corrected chi connectivity index (χ2v) is 7.77. The molecule has 0 saturated carbocycles. The molecule has 0 unspecified atom stereocenters. The Labute approximate surface area is 184 Å². The summed E-state index contributed by atoms with van der Waals surface area (Å²) in [5, 5.41) is 10.8. The molecule has 3 rings (SSSR count). The fourth-order valence-corrected chi connectivity index (χ4v) is 3.74. The molecule has 0 saturated heterocycles. The van der Waals surface area contributed by atoms with E-state index in [1.54, 1.807) is 0 Å². The highest BCUT2D eigenvalue weighted by Gasteiger charge is 2.12. The van der Waals surface area contributed by atoms with Crippen LogP contribution in [0.3, 0.4) is 0 Å². The molecule has 31 heavy (non-hydrogen) atoms.